The maximum Gasteiger partial charge on any atom is 0.254 e. The monoisotopic (exact) mass is 402 g/mol. The van der Waals surface area contributed by atoms with Crippen molar-refractivity contribution in [3.05, 3.63) is 95.1 Å². The van der Waals surface area contributed by atoms with Crippen LogP contribution < -0.4 is 4.90 Å². The van der Waals surface area contributed by atoms with Gasteiger partial charge in [0.2, 0.25) is 0 Å². The summed E-state index contributed by atoms with van der Waals surface area (Å²) in [6.07, 6.45) is 0.792. The number of aromatic hydroxyl groups is 1. The van der Waals surface area contributed by atoms with Crippen molar-refractivity contribution in [2.45, 2.75) is 19.5 Å². The van der Waals surface area contributed by atoms with Gasteiger partial charge in [-0.15, -0.1) is 0 Å². The molecule has 4 rings (SSSR count). The molecule has 0 fully saturated rings. The summed E-state index contributed by atoms with van der Waals surface area (Å²) in [5, 5.41) is 19.2. The van der Waals surface area contributed by atoms with E-state index >= 15 is 0 Å². The highest BCUT2D eigenvalue weighted by molar-refractivity contribution is 5.94. The number of rotatable bonds is 6. The minimum absolute atomic E-state index is 0.00712. The van der Waals surface area contributed by atoms with E-state index in [2.05, 4.69) is 17.0 Å². The third kappa shape index (κ3) is 4.47. The van der Waals surface area contributed by atoms with Gasteiger partial charge in [0.05, 0.1) is 6.61 Å². The average Bonchev–Trinajstić information content (AvgIpc) is 2.78. The van der Waals surface area contributed by atoms with Gasteiger partial charge in [0.15, 0.2) is 0 Å². The lowest BCUT2D eigenvalue weighted by atomic mass is 9.99. The van der Waals surface area contributed by atoms with E-state index in [-0.39, 0.29) is 18.3 Å². The molecule has 0 aromatic heterocycles. The highest BCUT2D eigenvalue weighted by atomic mass is 16.3. The van der Waals surface area contributed by atoms with Crippen LogP contribution in [0.25, 0.3) is 0 Å². The molecule has 0 radical (unpaired) electrons. The fourth-order valence-electron chi connectivity index (χ4n) is 3.94. The van der Waals surface area contributed by atoms with Gasteiger partial charge >= 0.3 is 0 Å². The topological polar surface area (TPSA) is 64.0 Å². The van der Waals surface area contributed by atoms with Gasteiger partial charge in [0, 0.05) is 37.4 Å². The highest BCUT2D eigenvalue weighted by Crippen LogP contribution is 2.25. The molecule has 0 bridgehead atoms. The Morgan fingerprint density at radius 2 is 1.73 bits per heavy atom. The number of aliphatic hydroxyl groups excluding tert-OH is 1. The summed E-state index contributed by atoms with van der Waals surface area (Å²) >= 11 is 0. The largest absolute Gasteiger partial charge is 0.508 e. The maximum atomic E-state index is 13.0. The summed E-state index contributed by atoms with van der Waals surface area (Å²) in [5.41, 5.74) is 4.97. The van der Waals surface area contributed by atoms with Crippen LogP contribution >= 0.6 is 0 Å². The zero-order chi connectivity index (χ0) is 20.9. The molecule has 1 aliphatic heterocycles. The van der Waals surface area contributed by atoms with Crippen LogP contribution in [0, 0.1) is 0 Å². The third-order valence-corrected chi connectivity index (χ3v) is 5.55. The second kappa shape index (κ2) is 9.01. The van der Waals surface area contributed by atoms with Crippen molar-refractivity contribution < 1.29 is 15.0 Å². The number of anilines is 1. The van der Waals surface area contributed by atoms with Crippen LogP contribution in [0.3, 0.4) is 0 Å². The molecule has 3 aromatic carbocycles. The number of hydrogen-bond donors (Lipinski definition) is 2. The SMILES string of the molecule is O=C(c1ccc(N(CCO)Cc2ccccc2)cc1)N1CCc2ccc(O)cc2C1. The van der Waals surface area contributed by atoms with Crippen molar-refractivity contribution in [3.63, 3.8) is 0 Å². The Labute approximate surface area is 176 Å². The molecule has 2 N–H and O–H groups in total. The second-order valence-corrected chi connectivity index (χ2v) is 7.61. The molecule has 154 valence electrons. The van der Waals surface area contributed by atoms with Crippen molar-refractivity contribution in [1.29, 1.82) is 0 Å². The van der Waals surface area contributed by atoms with Gasteiger partial charge in [-0.1, -0.05) is 36.4 Å². The van der Waals surface area contributed by atoms with Crippen LogP contribution in [0.1, 0.15) is 27.0 Å². The van der Waals surface area contributed by atoms with Crippen molar-refractivity contribution in [2.75, 3.05) is 24.6 Å². The van der Waals surface area contributed by atoms with Crippen molar-refractivity contribution in [3.8, 4) is 5.75 Å². The average molecular weight is 402 g/mol. The number of hydrogen-bond acceptors (Lipinski definition) is 4. The minimum atomic E-state index is -0.00712. The normalized spacial score (nSPS) is 13.0. The zero-order valence-electron chi connectivity index (χ0n) is 16.9. The zero-order valence-corrected chi connectivity index (χ0v) is 16.9. The number of aliphatic hydroxyl groups is 1. The number of amides is 1. The first-order valence-corrected chi connectivity index (χ1v) is 10.2. The Balaban J connectivity index is 1.47. The fraction of sp³-hybridized carbons (Fsp3) is 0.240. The molecule has 1 amide bonds. The van der Waals surface area contributed by atoms with Crippen LogP contribution in [0.15, 0.2) is 72.8 Å². The Hall–Kier alpha value is -3.31. The predicted molar refractivity (Wildman–Crippen MR) is 118 cm³/mol. The van der Waals surface area contributed by atoms with Gasteiger partial charge in [0.25, 0.3) is 5.91 Å². The smallest absolute Gasteiger partial charge is 0.254 e. The predicted octanol–water partition coefficient (Wildman–Crippen LogP) is 3.59. The fourth-order valence-corrected chi connectivity index (χ4v) is 3.94. The van der Waals surface area contributed by atoms with Gasteiger partial charge in [0.1, 0.15) is 5.75 Å². The molecule has 0 unspecified atom stereocenters. The molecule has 3 aromatic rings. The lowest BCUT2D eigenvalue weighted by Crippen LogP contribution is -2.36. The molecule has 0 spiro atoms. The Morgan fingerprint density at radius 1 is 0.967 bits per heavy atom. The molecule has 1 aliphatic rings. The third-order valence-electron chi connectivity index (χ3n) is 5.55. The summed E-state index contributed by atoms with van der Waals surface area (Å²) in [6, 6.07) is 23.1. The number of benzene rings is 3. The van der Waals surface area contributed by atoms with E-state index in [1.54, 1.807) is 12.1 Å². The van der Waals surface area contributed by atoms with E-state index in [1.807, 2.05) is 53.4 Å². The van der Waals surface area contributed by atoms with Gasteiger partial charge < -0.3 is 20.0 Å². The highest BCUT2D eigenvalue weighted by Gasteiger charge is 2.22. The Kier molecular flexibility index (Phi) is 6.00. The van der Waals surface area contributed by atoms with Crippen LogP contribution in [0.5, 0.6) is 5.75 Å². The number of fused-ring (bicyclic) bond motifs is 1. The number of phenols is 1. The van der Waals surface area contributed by atoms with Crippen LogP contribution in [-0.4, -0.2) is 40.7 Å². The molecule has 0 atom stereocenters. The quantitative estimate of drug-likeness (QED) is 0.661. The lowest BCUT2D eigenvalue weighted by molar-refractivity contribution is 0.0734. The van der Waals surface area contributed by atoms with E-state index in [0.29, 0.717) is 31.7 Å². The molecule has 5 heteroatoms. The van der Waals surface area contributed by atoms with Gasteiger partial charge in [-0.2, -0.15) is 0 Å². The van der Waals surface area contributed by atoms with E-state index in [9.17, 15) is 15.0 Å². The van der Waals surface area contributed by atoms with Gasteiger partial charge in [-0.05, 0) is 59.5 Å². The molecule has 30 heavy (non-hydrogen) atoms. The molecule has 0 saturated carbocycles. The Bertz CT molecular complexity index is 1000. The van der Waals surface area contributed by atoms with Crippen LogP contribution in [0.4, 0.5) is 5.69 Å². The van der Waals surface area contributed by atoms with E-state index in [0.717, 1.165) is 17.7 Å². The van der Waals surface area contributed by atoms with Crippen molar-refractivity contribution in [1.82, 2.24) is 4.90 Å². The van der Waals surface area contributed by atoms with E-state index in [4.69, 9.17) is 0 Å². The summed E-state index contributed by atoms with van der Waals surface area (Å²) in [6.45, 7) is 2.46. The number of carbonyl (C=O) groups is 1. The standard InChI is InChI=1S/C25H26N2O3/c28-15-14-26(17-19-4-2-1-3-5-19)23-9-6-21(7-10-23)25(30)27-13-12-20-8-11-24(29)16-22(20)18-27/h1-11,16,28-29H,12-15,17-18H2. The van der Waals surface area contributed by atoms with Gasteiger partial charge in [-0.25, -0.2) is 0 Å². The molecule has 1 heterocycles. The Morgan fingerprint density at radius 3 is 2.47 bits per heavy atom. The number of carbonyl (C=O) groups excluding carboxylic acids is 1. The van der Waals surface area contributed by atoms with Crippen LogP contribution in [0.2, 0.25) is 0 Å². The summed E-state index contributed by atoms with van der Waals surface area (Å²) in [7, 11) is 0. The van der Waals surface area contributed by atoms with Crippen molar-refractivity contribution >= 4 is 11.6 Å². The number of nitrogens with zero attached hydrogens (tertiary/aromatic N) is 2. The summed E-state index contributed by atoms with van der Waals surface area (Å²) < 4.78 is 0. The summed E-state index contributed by atoms with van der Waals surface area (Å²) in [4.78, 5) is 16.9. The first-order valence-electron chi connectivity index (χ1n) is 10.2. The lowest BCUT2D eigenvalue weighted by Gasteiger charge is -2.29. The summed E-state index contributed by atoms with van der Waals surface area (Å²) in [5.74, 6) is 0.224. The number of phenolic OH excluding ortho intramolecular Hbond substituents is 1. The molecular weight excluding hydrogens is 376 g/mol. The first-order chi connectivity index (χ1) is 14.6. The van der Waals surface area contributed by atoms with Crippen molar-refractivity contribution in [2.24, 2.45) is 0 Å². The second-order valence-electron chi connectivity index (χ2n) is 7.61. The van der Waals surface area contributed by atoms with Crippen LogP contribution in [-0.2, 0) is 19.5 Å². The van der Waals surface area contributed by atoms with Gasteiger partial charge in [-0.3, -0.25) is 4.79 Å². The first kappa shape index (κ1) is 20.0. The molecule has 0 saturated heterocycles. The van der Waals surface area contributed by atoms with E-state index < -0.39 is 0 Å². The van der Waals surface area contributed by atoms with E-state index in [1.165, 1.54) is 11.1 Å². The minimum Gasteiger partial charge on any atom is -0.508 e. The molecule has 5 nitrogen and oxygen atoms in total. The maximum absolute atomic E-state index is 13.0. The molecule has 0 aliphatic carbocycles. The molecular formula is C25H26N2O3.